The van der Waals surface area contributed by atoms with Crippen LogP contribution in [0.3, 0.4) is 0 Å². The standard InChI is InChI=1S/C12H11ClF3N3O2/c1-5(20)21-10-6-3-19(4-7(6)10)9-2-8(12(14,15)16)17-11(13)18-9/h2,6-7,10H,3-4H2,1H3. The van der Waals surface area contributed by atoms with Crippen molar-refractivity contribution in [3.8, 4) is 0 Å². The highest BCUT2D eigenvalue weighted by Gasteiger charge is 2.58. The van der Waals surface area contributed by atoms with Crippen LogP contribution >= 0.6 is 11.6 Å². The summed E-state index contributed by atoms with van der Waals surface area (Å²) in [7, 11) is 0. The molecule has 0 spiro atoms. The third-order valence-electron chi connectivity index (χ3n) is 3.72. The average molecular weight is 322 g/mol. The molecule has 1 aromatic rings. The molecule has 0 amide bonds. The van der Waals surface area contributed by atoms with Gasteiger partial charge in [-0.05, 0) is 11.6 Å². The Labute approximate surface area is 123 Å². The Morgan fingerprint density at radius 3 is 2.52 bits per heavy atom. The fourth-order valence-electron chi connectivity index (χ4n) is 2.74. The fourth-order valence-corrected chi connectivity index (χ4v) is 2.92. The molecular weight excluding hydrogens is 311 g/mol. The van der Waals surface area contributed by atoms with Crippen LogP contribution in [-0.4, -0.2) is 35.1 Å². The predicted octanol–water partition coefficient (Wildman–Crippen LogP) is 2.15. The number of aromatic nitrogens is 2. The number of anilines is 1. The summed E-state index contributed by atoms with van der Waals surface area (Å²) >= 11 is 5.56. The molecule has 1 saturated heterocycles. The highest BCUT2D eigenvalue weighted by atomic mass is 35.5. The molecule has 0 N–H and O–H groups in total. The van der Waals surface area contributed by atoms with Gasteiger partial charge in [-0.25, -0.2) is 9.97 Å². The predicted molar refractivity (Wildman–Crippen MR) is 66.8 cm³/mol. The number of piperidine rings is 1. The molecule has 1 aliphatic heterocycles. The second kappa shape index (κ2) is 4.72. The summed E-state index contributed by atoms with van der Waals surface area (Å²) in [4.78, 5) is 19.6. The number of fused-ring (bicyclic) bond motifs is 1. The van der Waals surface area contributed by atoms with Crippen molar-refractivity contribution in [2.24, 2.45) is 11.8 Å². The van der Waals surface area contributed by atoms with Crippen LogP contribution in [0.5, 0.6) is 0 Å². The molecule has 2 atom stereocenters. The first-order valence-corrected chi connectivity index (χ1v) is 6.67. The number of hydrogen-bond donors (Lipinski definition) is 0. The third kappa shape index (κ3) is 2.76. The van der Waals surface area contributed by atoms with E-state index in [2.05, 4.69) is 9.97 Å². The number of halogens is 4. The molecule has 1 aromatic heterocycles. The monoisotopic (exact) mass is 321 g/mol. The largest absolute Gasteiger partial charge is 0.462 e. The minimum absolute atomic E-state index is 0.127. The molecule has 3 rings (SSSR count). The lowest BCUT2D eigenvalue weighted by Gasteiger charge is -2.21. The van der Waals surface area contributed by atoms with Crippen molar-refractivity contribution in [1.82, 2.24) is 9.97 Å². The average Bonchev–Trinajstić information content (AvgIpc) is 2.83. The smallest absolute Gasteiger partial charge is 0.433 e. The number of carbonyl (C=O) groups is 1. The van der Waals surface area contributed by atoms with E-state index in [0.29, 0.717) is 13.1 Å². The molecule has 21 heavy (non-hydrogen) atoms. The SMILES string of the molecule is CC(=O)OC1C2CN(c3cc(C(F)(F)F)nc(Cl)n3)CC21. The normalized spacial score (nSPS) is 27.5. The third-order valence-corrected chi connectivity index (χ3v) is 3.89. The van der Waals surface area contributed by atoms with E-state index in [1.165, 1.54) is 6.92 Å². The van der Waals surface area contributed by atoms with Crippen molar-refractivity contribution >= 4 is 23.4 Å². The molecule has 0 radical (unpaired) electrons. The first-order chi connectivity index (χ1) is 9.75. The minimum atomic E-state index is -4.57. The van der Waals surface area contributed by atoms with Gasteiger partial charge in [0.15, 0.2) is 5.69 Å². The van der Waals surface area contributed by atoms with E-state index in [-0.39, 0.29) is 29.7 Å². The molecule has 9 heteroatoms. The lowest BCUT2D eigenvalue weighted by atomic mass is 10.3. The second-order valence-corrected chi connectivity index (χ2v) is 5.52. The number of alkyl halides is 3. The van der Waals surface area contributed by atoms with Crippen LogP contribution in [0.4, 0.5) is 19.0 Å². The number of carbonyl (C=O) groups excluding carboxylic acids is 1. The van der Waals surface area contributed by atoms with Crippen LogP contribution in [0.25, 0.3) is 0 Å². The highest BCUT2D eigenvalue weighted by molar-refractivity contribution is 6.28. The van der Waals surface area contributed by atoms with Crippen LogP contribution in [0.15, 0.2) is 6.07 Å². The van der Waals surface area contributed by atoms with Gasteiger partial charge < -0.3 is 9.64 Å². The molecule has 0 bridgehead atoms. The Hall–Kier alpha value is -1.57. The van der Waals surface area contributed by atoms with Crippen molar-refractivity contribution in [3.05, 3.63) is 17.0 Å². The lowest BCUT2D eigenvalue weighted by Crippen LogP contribution is -2.28. The zero-order valence-corrected chi connectivity index (χ0v) is 11.6. The number of hydrogen-bond acceptors (Lipinski definition) is 5. The number of ether oxygens (including phenoxy) is 1. The van der Waals surface area contributed by atoms with Crippen LogP contribution in [0.1, 0.15) is 12.6 Å². The summed E-state index contributed by atoms with van der Waals surface area (Å²) in [6.45, 7) is 2.33. The van der Waals surface area contributed by atoms with Crippen LogP contribution in [-0.2, 0) is 15.7 Å². The molecule has 2 heterocycles. The van der Waals surface area contributed by atoms with Gasteiger partial charge in [-0.2, -0.15) is 13.2 Å². The maximum absolute atomic E-state index is 12.7. The second-order valence-electron chi connectivity index (χ2n) is 5.18. The van der Waals surface area contributed by atoms with Gasteiger partial charge in [-0.3, -0.25) is 4.79 Å². The number of esters is 1. The maximum Gasteiger partial charge on any atom is 0.433 e. The van der Waals surface area contributed by atoms with E-state index in [4.69, 9.17) is 16.3 Å². The number of rotatable bonds is 2. The Morgan fingerprint density at radius 1 is 1.38 bits per heavy atom. The van der Waals surface area contributed by atoms with E-state index in [0.717, 1.165) is 6.07 Å². The van der Waals surface area contributed by atoms with Gasteiger partial charge >= 0.3 is 12.1 Å². The van der Waals surface area contributed by atoms with Crippen molar-refractivity contribution in [2.45, 2.75) is 19.2 Å². The Kier molecular flexibility index (Phi) is 3.23. The quantitative estimate of drug-likeness (QED) is 0.617. The summed E-state index contributed by atoms with van der Waals surface area (Å²) in [5.41, 5.74) is -1.06. The Balaban J connectivity index is 1.73. The molecule has 0 aromatic carbocycles. The molecule has 5 nitrogen and oxygen atoms in total. The van der Waals surface area contributed by atoms with Gasteiger partial charge in [-0.15, -0.1) is 0 Å². The zero-order valence-electron chi connectivity index (χ0n) is 10.9. The van der Waals surface area contributed by atoms with Crippen molar-refractivity contribution in [1.29, 1.82) is 0 Å². The highest BCUT2D eigenvalue weighted by Crippen LogP contribution is 2.49. The molecule has 2 aliphatic rings. The van der Waals surface area contributed by atoms with Crippen molar-refractivity contribution in [3.63, 3.8) is 0 Å². The Bertz CT molecular complexity index is 584. The van der Waals surface area contributed by atoms with Gasteiger partial charge in [0.2, 0.25) is 5.28 Å². The summed E-state index contributed by atoms with van der Waals surface area (Å²) in [5, 5.41) is -0.433. The molecule has 2 unspecified atom stereocenters. The summed E-state index contributed by atoms with van der Waals surface area (Å²) in [6.07, 6.45) is -4.69. The zero-order chi connectivity index (χ0) is 15.4. The van der Waals surface area contributed by atoms with Gasteiger partial charge in [0.1, 0.15) is 11.9 Å². The number of nitrogens with zero attached hydrogens (tertiary/aromatic N) is 3. The molecule has 2 fully saturated rings. The van der Waals surface area contributed by atoms with Gasteiger partial charge in [0, 0.05) is 37.9 Å². The van der Waals surface area contributed by atoms with Gasteiger partial charge in [0.25, 0.3) is 0 Å². The van der Waals surface area contributed by atoms with E-state index in [1.807, 2.05) is 0 Å². The topological polar surface area (TPSA) is 55.3 Å². The summed E-state index contributed by atoms with van der Waals surface area (Å²) in [6, 6.07) is 0.886. The van der Waals surface area contributed by atoms with E-state index >= 15 is 0 Å². The summed E-state index contributed by atoms with van der Waals surface area (Å²) in [5.74, 6) is 0.107. The lowest BCUT2D eigenvalue weighted by molar-refractivity contribution is -0.143. The van der Waals surface area contributed by atoms with E-state index in [9.17, 15) is 18.0 Å². The first kappa shape index (κ1) is 14.4. The van der Waals surface area contributed by atoms with Crippen molar-refractivity contribution in [2.75, 3.05) is 18.0 Å². The summed E-state index contributed by atoms with van der Waals surface area (Å²) < 4.78 is 43.2. The Morgan fingerprint density at radius 2 is 2.00 bits per heavy atom. The van der Waals surface area contributed by atoms with Crippen molar-refractivity contribution < 1.29 is 22.7 Å². The van der Waals surface area contributed by atoms with Gasteiger partial charge in [-0.1, -0.05) is 0 Å². The van der Waals surface area contributed by atoms with Crippen LogP contribution in [0, 0.1) is 11.8 Å². The maximum atomic E-state index is 12.7. The molecule has 1 aliphatic carbocycles. The first-order valence-electron chi connectivity index (χ1n) is 6.29. The molecular formula is C12H11ClF3N3O2. The van der Waals surface area contributed by atoms with Gasteiger partial charge in [0.05, 0.1) is 0 Å². The van der Waals surface area contributed by atoms with E-state index in [1.54, 1.807) is 4.90 Å². The van der Waals surface area contributed by atoms with E-state index < -0.39 is 17.2 Å². The molecule has 1 saturated carbocycles. The minimum Gasteiger partial charge on any atom is -0.462 e. The van der Waals surface area contributed by atoms with Crippen LogP contribution < -0.4 is 4.90 Å². The fraction of sp³-hybridized carbons (Fsp3) is 0.583. The molecule has 114 valence electrons. The van der Waals surface area contributed by atoms with Crippen LogP contribution in [0.2, 0.25) is 5.28 Å².